The van der Waals surface area contributed by atoms with Crippen LogP contribution in [-0.4, -0.2) is 39.7 Å². The highest BCUT2D eigenvalue weighted by Crippen LogP contribution is 2.18. The number of fused-ring (bicyclic) bond motifs is 1. The van der Waals surface area contributed by atoms with Crippen LogP contribution in [0.25, 0.3) is 11.0 Å². The van der Waals surface area contributed by atoms with Gasteiger partial charge in [0.25, 0.3) is 0 Å². The monoisotopic (exact) mass is 291 g/mol. The number of rotatable bonds is 7. The smallest absolute Gasteiger partial charge is 0.335 e. The van der Waals surface area contributed by atoms with Crippen molar-refractivity contribution >= 4 is 22.9 Å². The molecule has 3 N–H and O–H groups in total. The van der Waals surface area contributed by atoms with E-state index in [2.05, 4.69) is 4.98 Å². The van der Waals surface area contributed by atoms with Crippen molar-refractivity contribution in [3.05, 3.63) is 29.6 Å². The van der Waals surface area contributed by atoms with E-state index in [1.165, 1.54) is 0 Å². The van der Waals surface area contributed by atoms with Crippen LogP contribution in [0.3, 0.4) is 0 Å². The number of ether oxygens (including phenoxy) is 1. The highest BCUT2D eigenvalue weighted by Gasteiger charge is 2.12. The second-order valence-electron chi connectivity index (χ2n) is 4.56. The maximum Gasteiger partial charge on any atom is 0.335 e. The number of amides is 1. The molecule has 1 aromatic carbocycles. The van der Waals surface area contributed by atoms with Gasteiger partial charge in [0.2, 0.25) is 5.91 Å². The van der Waals surface area contributed by atoms with Gasteiger partial charge in [0.15, 0.2) is 0 Å². The van der Waals surface area contributed by atoms with Gasteiger partial charge in [0, 0.05) is 13.0 Å². The Balaban J connectivity index is 2.24. The lowest BCUT2D eigenvalue weighted by Crippen LogP contribution is -2.20. The number of carboxylic acid groups (broad SMARTS) is 1. The van der Waals surface area contributed by atoms with Gasteiger partial charge in [0.1, 0.15) is 12.4 Å². The van der Waals surface area contributed by atoms with Gasteiger partial charge in [-0.05, 0) is 18.2 Å². The second kappa shape index (κ2) is 6.36. The molecule has 112 valence electrons. The van der Waals surface area contributed by atoms with Gasteiger partial charge in [0.05, 0.1) is 23.2 Å². The molecule has 0 aliphatic carbocycles. The molecule has 2 aromatic rings. The van der Waals surface area contributed by atoms with Gasteiger partial charge in [-0.1, -0.05) is 6.92 Å². The molecule has 7 nitrogen and oxygen atoms in total. The van der Waals surface area contributed by atoms with Crippen molar-refractivity contribution < 1.29 is 19.4 Å². The van der Waals surface area contributed by atoms with E-state index in [0.717, 1.165) is 11.3 Å². The van der Waals surface area contributed by atoms with Crippen molar-refractivity contribution in [3.63, 3.8) is 0 Å². The molecule has 0 unspecified atom stereocenters. The summed E-state index contributed by atoms with van der Waals surface area (Å²) < 4.78 is 7.12. The third kappa shape index (κ3) is 3.38. The quantitative estimate of drug-likeness (QED) is 0.734. The number of aromatic carboxylic acids is 1. The SMILES string of the molecule is CCc1nc2cc(C(=O)O)ccc2n1CCOCC(N)=O. The second-order valence-corrected chi connectivity index (χ2v) is 4.56. The summed E-state index contributed by atoms with van der Waals surface area (Å²) in [6.45, 7) is 2.72. The average molecular weight is 291 g/mol. The van der Waals surface area contributed by atoms with E-state index in [1.807, 2.05) is 11.5 Å². The first-order chi connectivity index (χ1) is 10.0. The van der Waals surface area contributed by atoms with Crippen molar-refractivity contribution in [1.29, 1.82) is 0 Å². The summed E-state index contributed by atoms with van der Waals surface area (Å²) in [6.07, 6.45) is 0.715. The van der Waals surface area contributed by atoms with Crippen molar-refractivity contribution in [1.82, 2.24) is 9.55 Å². The van der Waals surface area contributed by atoms with Crippen LogP contribution in [0, 0.1) is 0 Å². The topological polar surface area (TPSA) is 107 Å². The molecule has 1 heterocycles. The number of nitrogens with two attached hydrogens (primary N) is 1. The number of hydrogen-bond donors (Lipinski definition) is 2. The number of benzene rings is 1. The predicted octanol–water partition coefficient (Wildman–Crippen LogP) is 0.799. The number of imidazole rings is 1. The van der Waals surface area contributed by atoms with Crippen LogP contribution < -0.4 is 5.73 Å². The Hall–Kier alpha value is -2.41. The summed E-state index contributed by atoms with van der Waals surface area (Å²) in [5.41, 5.74) is 6.70. The number of nitrogens with zero attached hydrogens (tertiary/aromatic N) is 2. The molecule has 0 bridgehead atoms. The minimum Gasteiger partial charge on any atom is -0.478 e. The number of carboxylic acids is 1. The van der Waals surface area contributed by atoms with Crippen molar-refractivity contribution in [2.45, 2.75) is 19.9 Å². The summed E-state index contributed by atoms with van der Waals surface area (Å²) in [7, 11) is 0. The van der Waals surface area contributed by atoms with Crippen molar-refractivity contribution in [3.8, 4) is 0 Å². The third-order valence-electron chi connectivity index (χ3n) is 3.09. The molecule has 1 aromatic heterocycles. The minimum atomic E-state index is -0.978. The molecule has 21 heavy (non-hydrogen) atoms. The molecule has 0 saturated carbocycles. The molecule has 0 aliphatic heterocycles. The van der Waals surface area contributed by atoms with Crippen LogP contribution in [0.4, 0.5) is 0 Å². The number of primary amides is 1. The Morgan fingerprint density at radius 3 is 2.81 bits per heavy atom. The van der Waals surface area contributed by atoms with Gasteiger partial charge in [-0.2, -0.15) is 0 Å². The third-order valence-corrected chi connectivity index (χ3v) is 3.09. The number of aromatic nitrogens is 2. The lowest BCUT2D eigenvalue weighted by Gasteiger charge is -2.08. The fourth-order valence-electron chi connectivity index (χ4n) is 2.16. The molecule has 1 amide bonds. The Bertz CT molecular complexity index is 678. The van der Waals surface area contributed by atoms with E-state index in [0.29, 0.717) is 25.1 Å². The molecular weight excluding hydrogens is 274 g/mol. The summed E-state index contributed by atoms with van der Waals surface area (Å²) in [5, 5.41) is 9.00. The lowest BCUT2D eigenvalue weighted by molar-refractivity contribution is -0.122. The highest BCUT2D eigenvalue weighted by atomic mass is 16.5. The van der Waals surface area contributed by atoms with E-state index in [1.54, 1.807) is 18.2 Å². The largest absolute Gasteiger partial charge is 0.478 e. The fraction of sp³-hybridized carbons (Fsp3) is 0.357. The maximum atomic E-state index is 11.0. The standard InChI is InChI=1S/C14H17N3O4/c1-2-13-16-10-7-9(14(19)20)3-4-11(10)17(13)5-6-21-8-12(15)18/h3-4,7H,2,5-6,8H2,1H3,(H2,15,18)(H,19,20). The average Bonchev–Trinajstić information content (AvgIpc) is 2.80. The van der Waals surface area contributed by atoms with Crippen LogP contribution in [0.2, 0.25) is 0 Å². The molecule has 0 saturated heterocycles. The number of aryl methyl sites for hydroxylation is 1. The van der Waals surface area contributed by atoms with E-state index in [4.69, 9.17) is 15.6 Å². The van der Waals surface area contributed by atoms with Crippen LogP contribution in [0.15, 0.2) is 18.2 Å². The maximum absolute atomic E-state index is 11.0. The molecule has 7 heteroatoms. The zero-order valence-electron chi connectivity index (χ0n) is 11.7. The number of carbonyl (C=O) groups excluding carboxylic acids is 1. The number of carbonyl (C=O) groups is 2. The Labute approximate surface area is 121 Å². The van der Waals surface area contributed by atoms with E-state index in [9.17, 15) is 9.59 Å². The summed E-state index contributed by atoms with van der Waals surface area (Å²) in [5.74, 6) is -0.642. The number of hydrogen-bond acceptors (Lipinski definition) is 4. The van der Waals surface area contributed by atoms with Gasteiger partial charge in [-0.3, -0.25) is 4.79 Å². The molecule has 2 rings (SSSR count). The van der Waals surface area contributed by atoms with Crippen LogP contribution in [0.1, 0.15) is 23.1 Å². The highest BCUT2D eigenvalue weighted by molar-refractivity contribution is 5.92. The molecule has 0 radical (unpaired) electrons. The van der Waals surface area contributed by atoms with Gasteiger partial charge in [-0.25, -0.2) is 9.78 Å². The lowest BCUT2D eigenvalue weighted by atomic mass is 10.2. The van der Waals surface area contributed by atoms with Crippen LogP contribution in [-0.2, 0) is 22.5 Å². The minimum absolute atomic E-state index is 0.114. The van der Waals surface area contributed by atoms with Crippen LogP contribution in [0.5, 0.6) is 0 Å². The summed E-state index contributed by atoms with van der Waals surface area (Å²) in [6, 6.07) is 4.84. The van der Waals surface area contributed by atoms with E-state index in [-0.39, 0.29) is 12.2 Å². The molecule has 0 fully saturated rings. The fourth-order valence-corrected chi connectivity index (χ4v) is 2.16. The normalized spacial score (nSPS) is 10.9. The molecule has 0 spiro atoms. The first-order valence-electron chi connectivity index (χ1n) is 6.61. The molecule has 0 atom stereocenters. The Morgan fingerprint density at radius 2 is 2.19 bits per heavy atom. The van der Waals surface area contributed by atoms with Crippen LogP contribution >= 0.6 is 0 Å². The zero-order valence-corrected chi connectivity index (χ0v) is 11.7. The Kier molecular flexibility index (Phi) is 4.54. The first kappa shape index (κ1) is 15.0. The van der Waals surface area contributed by atoms with Gasteiger partial charge >= 0.3 is 5.97 Å². The summed E-state index contributed by atoms with van der Waals surface area (Å²) >= 11 is 0. The predicted molar refractivity (Wildman–Crippen MR) is 76.1 cm³/mol. The zero-order chi connectivity index (χ0) is 15.4. The van der Waals surface area contributed by atoms with Crippen molar-refractivity contribution in [2.75, 3.05) is 13.2 Å². The molecular formula is C14H17N3O4. The Morgan fingerprint density at radius 1 is 1.43 bits per heavy atom. The van der Waals surface area contributed by atoms with E-state index >= 15 is 0 Å². The first-order valence-corrected chi connectivity index (χ1v) is 6.61. The van der Waals surface area contributed by atoms with Crippen molar-refractivity contribution in [2.24, 2.45) is 5.73 Å². The molecule has 0 aliphatic rings. The van der Waals surface area contributed by atoms with Gasteiger partial charge in [-0.15, -0.1) is 0 Å². The van der Waals surface area contributed by atoms with E-state index < -0.39 is 11.9 Å². The summed E-state index contributed by atoms with van der Waals surface area (Å²) in [4.78, 5) is 26.0. The van der Waals surface area contributed by atoms with Gasteiger partial charge < -0.3 is 20.1 Å².